The SMILES string of the molecule is CC1(C)Cc2c(sc3ncn4nc(-c5ccco5)nc4c23)C(C)(C)[NH2+]1. The van der Waals surface area contributed by atoms with E-state index in [2.05, 4.69) is 43.1 Å². The first-order chi connectivity index (χ1) is 11.8. The molecule has 0 saturated carbocycles. The van der Waals surface area contributed by atoms with Gasteiger partial charge in [0.05, 0.1) is 22.1 Å². The van der Waals surface area contributed by atoms with Crippen LogP contribution < -0.4 is 5.32 Å². The highest BCUT2D eigenvalue weighted by Gasteiger charge is 2.43. The maximum absolute atomic E-state index is 5.46. The summed E-state index contributed by atoms with van der Waals surface area (Å²) in [5.41, 5.74) is 2.40. The van der Waals surface area contributed by atoms with Gasteiger partial charge in [-0.2, -0.15) is 0 Å². The second-order valence-corrected chi connectivity index (χ2v) is 9.05. The number of rotatable bonds is 1. The normalized spacial score (nSPS) is 18.7. The predicted octanol–water partition coefficient (Wildman–Crippen LogP) is 2.73. The molecule has 1 aliphatic rings. The summed E-state index contributed by atoms with van der Waals surface area (Å²) < 4.78 is 7.23. The summed E-state index contributed by atoms with van der Waals surface area (Å²) >= 11 is 1.78. The van der Waals surface area contributed by atoms with Crippen molar-refractivity contribution in [3.63, 3.8) is 0 Å². The van der Waals surface area contributed by atoms with Crippen molar-refractivity contribution in [1.29, 1.82) is 0 Å². The Morgan fingerprint density at radius 1 is 1.28 bits per heavy atom. The highest BCUT2D eigenvalue weighted by molar-refractivity contribution is 7.19. The molecule has 0 aliphatic carbocycles. The highest BCUT2D eigenvalue weighted by atomic mass is 32.1. The maximum Gasteiger partial charge on any atom is 0.217 e. The zero-order valence-electron chi connectivity index (χ0n) is 14.7. The molecule has 25 heavy (non-hydrogen) atoms. The third kappa shape index (κ3) is 2.15. The van der Waals surface area contributed by atoms with Crippen LogP contribution in [0.15, 0.2) is 29.1 Å². The summed E-state index contributed by atoms with van der Waals surface area (Å²) in [6, 6.07) is 3.73. The van der Waals surface area contributed by atoms with E-state index in [0.717, 1.165) is 22.3 Å². The van der Waals surface area contributed by atoms with Crippen LogP contribution in [0.1, 0.15) is 38.1 Å². The number of thiophene rings is 1. The molecule has 0 aromatic carbocycles. The lowest BCUT2D eigenvalue weighted by Crippen LogP contribution is -3.03. The van der Waals surface area contributed by atoms with E-state index in [1.807, 2.05) is 12.1 Å². The van der Waals surface area contributed by atoms with E-state index < -0.39 is 0 Å². The standard InChI is InChI=1S/C18H19N5OS/c1-17(2)8-10-12-15-20-14(11-6-5-7-24-11)21-23(15)9-19-16(12)25-13(10)18(3,4)22-17/h5-7,9,22H,8H2,1-4H3/p+1. The Morgan fingerprint density at radius 2 is 2.12 bits per heavy atom. The number of fused-ring (bicyclic) bond motifs is 5. The van der Waals surface area contributed by atoms with Crippen LogP contribution in [0, 0.1) is 0 Å². The monoisotopic (exact) mass is 354 g/mol. The fraction of sp³-hybridized carbons (Fsp3) is 0.389. The molecule has 0 amide bonds. The Balaban J connectivity index is 1.83. The summed E-state index contributed by atoms with van der Waals surface area (Å²) in [5, 5.41) is 8.16. The van der Waals surface area contributed by atoms with Crippen LogP contribution in [0.5, 0.6) is 0 Å². The summed E-state index contributed by atoms with van der Waals surface area (Å²) in [6.45, 7) is 9.18. The van der Waals surface area contributed by atoms with E-state index in [4.69, 9.17) is 9.40 Å². The Labute approximate surface area is 148 Å². The molecule has 128 valence electrons. The van der Waals surface area contributed by atoms with Crippen molar-refractivity contribution in [3.8, 4) is 11.6 Å². The molecule has 0 unspecified atom stereocenters. The molecular formula is C18H20N5OS+. The average Bonchev–Trinajstić information content (AvgIpc) is 3.21. The van der Waals surface area contributed by atoms with Crippen molar-refractivity contribution >= 4 is 27.2 Å². The molecule has 0 spiro atoms. The number of nitrogens with two attached hydrogens (primary N) is 1. The number of aromatic nitrogens is 4. The second-order valence-electron chi connectivity index (χ2n) is 8.05. The van der Waals surface area contributed by atoms with E-state index >= 15 is 0 Å². The summed E-state index contributed by atoms with van der Waals surface area (Å²) in [6.07, 6.45) is 4.39. The van der Waals surface area contributed by atoms with Gasteiger partial charge in [0, 0.05) is 6.42 Å². The van der Waals surface area contributed by atoms with Gasteiger partial charge in [0.25, 0.3) is 0 Å². The topological polar surface area (TPSA) is 72.8 Å². The lowest BCUT2D eigenvalue weighted by atomic mass is 9.82. The molecule has 2 N–H and O–H groups in total. The second kappa shape index (κ2) is 4.68. The van der Waals surface area contributed by atoms with Gasteiger partial charge < -0.3 is 9.73 Å². The minimum atomic E-state index is 0.0311. The molecule has 0 bridgehead atoms. The van der Waals surface area contributed by atoms with Crippen LogP contribution >= 0.6 is 11.3 Å². The summed E-state index contributed by atoms with van der Waals surface area (Å²) in [7, 11) is 0. The third-order valence-electron chi connectivity index (χ3n) is 4.84. The Kier molecular flexibility index (Phi) is 2.81. The molecule has 1 aliphatic heterocycles. The first-order valence-electron chi connectivity index (χ1n) is 8.42. The Morgan fingerprint density at radius 3 is 2.88 bits per heavy atom. The molecule has 6 nitrogen and oxygen atoms in total. The van der Waals surface area contributed by atoms with E-state index in [-0.39, 0.29) is 11.1 Å². The average molecular weight is 354 g/mol. The van der Waals surface area contributed by atoms with E-state index in [9.17, 15) is 0 Å². The van der Waals surface area contributed by atoms with Crippen LogP contribution in [0.4, 0.5) is 0 Å². The smallest absolute Gasteiger partial charge is 0.217 e. The third-order valence-corrected chi connectivity index (χ3v) is 6.32. The van der Waals surface area contributed by atoms with Gasteiger partial charge in [-0.15, -0.1) is 16.4 Å². The lowest BCUT2D eigenvalue weighted by Gasteiger charge is -2.38. The van der Waals surface area contributed by atoms with Gasteiger partial charge in [-0.1, -0.05) is 0 Å². The van der Waals surface area contributed by atoms with Crippen LogP contribution in [-0.4, -0.2) is 25.1 Å². The van der Waals surface area contributed by atoms with Gasteiger partial charge in [0.15, 0.2) is 11.4 Å². The van der Waals surface area contributed by atoms with Crippen molar-refractivity contribution in [2.45, 2.75) is 45.2 Å². The first kappa shape index (κ1) is 15.0. The van der Waals surface area contributed by atoms with E-state index in [1.165, 1.54) is 10.4 Å². The molecule has 0 fully saturated rings. The minimum Gasteiger partial charge on any atom is -0.461 e. The van der Waals surface area contributed by atoms with Gasteiger partial charge in [0.2, 0.25) is 5.82 Å². The van der Waals surface area contributed by atoms with Gasteiger partial charge in [-0.25, -0.2) is 14.5 Å². The number of hydrogen-bond acceptors (Lipinski definition) is 5. The first-order valence-corrected chi connectivity index (χ1v) is 9.24. The largest absolute Gasteiger partial charge is 0.461 e. The molecule has 0 atom stereocenters. The summed E-state index contributed by atoms with van der Waals surface area (Å²) in [4.78, 5) is 11.9. The van der Waals surface area contributed by atoms with Crippen LogP contribution in [0.25, 0.3) is 27.4 Å². The highest BCUT2D eigenvalue weighted by Crippen LogP contribution is 2.41. The van der Waals surface area contributed by atoms with Crippen molar-refractivity contribution in [1.82, 2.24) is 19.6 Å². The van der Waals surface area contributed by atoms with Crippen molar-refractivity contribution in [3.05, 3.63) is 35.2 Å². The molecule has 5 rings (SSSR count). The molecule has 7 heteroatoms. The van der Waals surface area contributed by atoms with Crippen LogP contribution in [0.3, 0.4) is 0 Å². The molecule has 5 heterocycles. The predicted molar refractivity (Wildman–Crippen MR) is 96.6 cm³/mol. The number of quaternary nitrogens is 1. The Hall–Kier alpha value is -2.25. The lowest BCUT2D eigenvalue weighted by molar-refractivity contribution is -0.789. The van der Waals surface area contributed by atoms with Gasteiger partial charge in [0.1, 0.15) is 16.7 Å². The fourth-order valence-corrected chi connectivity index (χ4v) is 5.43. The minimum absolute atomic E-state index is 0.0311. The summed E-state index contributed by atoms with van der Waals surface area (Å²) in [5.74, 6) is 1.27. The van der Waals surface area contributed by atoms with E-state index in [0.29, 0.717) is 11.6 Å². The number of nitrogens with zero attached hydrogens (tertiary/aromatic N) is 4. The van der Waals surface area contributed by atoms with Crippen molar-refractivity contribution < 1.29 is 9.73 Å². The molecule has 0 radical (unpaired) electrons. The maximum atomic E-state index is 5.46. The quantitative estimate of drug-likeness (QED) is 0.570. The fourth-order valence-electron chi connectivity index (χ4n) is 4.20. The van der Waals surface area contributed by atoms with Gasteiger partial charge in [-0.3, -0.25) is 0 Å². The molecule has 4 aromatic heterocycles. The number of hydrogen-bond donors (Lipinski definition) is 1. The van der Waals surface area contributed by atoms with E-state index in [1.54, 1.807) is 28.4 Å². The molecular weight excluding hydrogens is 334 g/mol. The van der Waals surface area contributed by atoms with Crippen molar-refractivity contribution in [2.75, 3.05) is 0 Å². The Bertz CT molecular complexity index is 1100. The zero-order chi connectivity index (χ0) is 17.4. The number of furan rings is 1. The molecule has 4 aromatic rings. The molecule has 0 saturated heterocycles. The zero-order valence-corrected chi connectivity index (χ0v) is 15.5. The van der Waals surface area contributed by atoms with Crippen LogP contribution in [0.2, 0.25) is 0 Å². The van der Waals surface area contributed by atoms with Crippen LogP contribution in [-0.2, 0) is 12.0 Å². The van der Waals surface area contributed by atoms with Gasteiger partial charge in [-0.05, 0) is 45.4 Å². The van der Waals surface area contributed by atoms with Gasteiger partial charge >= 0.3 is 0 Å². The van der Waals surface area contributed by atoms with Crippen molar-refractivity contribution in [2.24, 2.45) is 0 Å².